The quantitative estimate of drug-likeness (QED) is 0.855. The summed E-state index contributed by atoms with van der Waals surface area (Å²) in [5.41, 5.74) is 1.57. The summed E-state index contributed by atoms with van der Waals surface area (Å²) in [7, 11) is 0. The molecule has 0 bridgehead atoms. The highest BCUT2D eigenvalue weighted by Gasteiger charge is 2.37. The molecule has 2 aliphatic heterocycles. The number of benzene rings is 2. The predicted molar refractivity (Wildman–Crippen MR) is 90.7 cm³/mol. The lowest BCUT2D eigenvalue weighted by molar-refractivity contribution is -0.133. The number of carbonyl (C=O) groups is 2. The third kappa shape index (κ3) is 2.12. The molecule has 2 heterocycles. The highest BCUT2D eigenvalue weighted by Crippen LogP contribution is 2.38. The van der Waals surface area contributed by atoms with Crippen molar-refractivity contribution in [3.63, 3.8) is 0 Å². The molecular weight excluding hydrogens is 288 g/mol. The van der Waals surface area contributed by atoms with Crippen molar-refractivity contribution in [3.05, 3.63) is 42.0 Å². The smallest absolute Gasteiger partial charge is 0.259 e. The van der Waals surface area contributed by atoms with Crippen LogP contribution in [0.3, 0.4) is 0 Å². The van der Waals surface area contributed by atoms with E-state index in [0.717, 1.165) is 42.4 Å². The summed E-state index contributed by atoms with van der Waals surface area (Å²) in [4.78, 5) is 29.3. The van der Waals surface area contributed by atoms with Crippen LogP contribution in [0.4, 0.5) is 5.69 Å². The molecular formula is C19H20N2O2. The van der Waals surface area contributed by atoms with Crippen molar-refractivity contribution in [2.75, 3.05) is 18.0 Å². The largest absolute Gasteiger partial charge is 0.341 e. The zero-order chi connectivity index (χ0) is 16.0. The molecule has 4 rings (SSSR count). The minimum atomic E-state index is -0.460. The summed E-state index contributed by atoms with van der Waals surface area (Å²) in [6, 6.07) is 11.2. The Morgan fingerprint density at radius 3 is 2.48 bits per heavy atom. The summed E-state index contributed by atoms with van der Waals surface area (Å²) in [6.07, 6.45) is 3.30. The zero-order valence-electron chi connectivity index (χ0n) is 13.3. The van der Waals surface area contributed by atoms with Crippen molar-refractivity contribution < 1.29 is 9.59 Å². The van der Waals surface area contributed by atoms with Crippen molar-refractivity contribution in [1.29, 1.82) is 0 Å². The lowest BCUT2D eigenvalue weighted by Gasteiger charge is -2.33. The molecule has 0 saturated carbocycles. The number of likely N-dealkylation sites (tertiary alicyclic amines) is 1. The molecule has 2 aromatic carbocycles. The van der Waals surface area contributed by atoms with Crippen LogP contribution < -0.4 is 4.90 Å². The van der Waals surface area contributed by atoms with Gasteiger partial charge in [0.1, 0.15) is 6.04 Å². The Labute approximate surface area is 135 Å². The maximum absolute atomic E-state index is 12.9. The molecule has 0 spiro atoms. The van der Waals surface area contributed by atoms with Gasteiger partial charge in [-0.15, -0.1) is 0 Å². The first kappa shape index (κ1) is 14.2. The molecule has 4 heteroatoms. The fraction of sp³-hybridized carbons (Fsp3) is 0.368. The average Bonchev–Trinajstić information content (AvgIpc) is 2.89. The monoisotopic (exact) mass is 308 g/mol. The lowest BCUT2D eigenvalue weighted by Crippen LogP contribution is -2.49. The number of piperidine rings is 1. The van der Waals surface area contributed by atoms with E-state index in [0.29, 0.717) is 5.56 Å². The topological polar surface area (TPSA) is 40.6 Å². The molecule has 0 unspecified atom stereocenters. The van der Waals surface area contributed by atoms with Crippen molar-refractivity contribution in [1.82, 2.24) is 4.90 Å². The maximum atomic E-state index is 12.9. The minimum Gasteiger partial charge on any atom is -0.341 e. The van der Waals surface area contributed by atoms with Gasteiger partial charge in [-0.25, -0.2) is 0 Å². The number of anilines is 1. The van der Waals surface area contributed by atoms with Crippen molar-refractivity contribution in [2.45, 2.75) is 32.2 Å². The zero-order valence-corrected chi connectivity index (χ0v) is 13.3. The van der Waals surface area contributed by atoms with Gasteiger partial charge in [0, 0.05) is 24.0 Å². The van der Waals surface area contributed by atoms with Crippen LogP contribution in [-0.4, -0.2) is 35.8 Å². The molecule has 0 N–H and O–H groups in total. The number of amides is 2. The third-order valence-corrected chi connectivity index (χ3v) is 5.00. The number of rotatable bonds is 2. The summed E-state index contributed by atoms with van der Waals surface area (Å²) in [5, 5.41) is 2.02. The average molecular weight is 308 g/mol. The normalized spacial score (nSPS) is 18.6. The predicted octanol–water partition coefficient (Wildman–Crippen LogP) is 3.20. The lowest BCUT2D eigenvalue weighted by atomic mass is 10.1. The van der Waals surface area contributed by atoms with Gasteiger partial charge in [-0.05, 0) is 43.7 Å². The van der Waals surface area contributed by atoms with Crippen LogP contribution in [0.5, 0.6) is 0 Å². The molecule has 118 valence electrons. The fourth-order valence-corrected chi connectivity index (χ4v) is 3.81. The minimum absolute atomic E-state index is 0.0582. The van der Waals surface area contributed by atoms with Crippen molar-refractivity contribution >= 4 is 28.3 Å². The van der Waals surface area contributed by atoms with Gasteiger partial charge < -0.3 is 4.90 Å². The van der Waals surface area contributed by atoms with E-state index in [1.54, 1.807) is 4.90 Å². The molecule has 2 aliphatic rings. The van der Waals surface area contributed by atoms with Crippen LogP contribution in [0.2, 0.25) is 0 Å². The second-order valence-corrected chi connectivity index (χ2v) is 6.42. The third-order valence-electron chi connectivity index (χ3n) is 5.00. The van der Waals surface area contributed by atoms with Crippen LogP contribution in [0, 0.1) is 0 Å². The Morgan fingerprint density at radius 1 is 1.04 bits per heavy atom. The molecule has 1 fully saturated rings. The van der Waals surface area contributed by atoms with Crippen LogP contribution in [-0.2, 0) is 4.79 Å². The van der Waals surface area contributed by atoms with Gasteiger partial charge >= 0.3 is 0 Å². The van der Waals surface area contributed by atoms with Gasteiger partial charge in [-0.2, -0.15) is 0 Å². The Balaban J connectivity index is 1.71. The number of hydrogen-bond acceptors (Lipinski definition) is 2. The molecule has 4 nitrogen and oxygen atoms in total. The van der Waals surface area contributed by atoms with E-state index >= 15 is 0 Å². The SMILES string of the molecule is C[C@@H](C(=O)N1CCCCC1)N1C(=O)c2cccc3cccc1c23. The molecule has 0 aliphatic carbocycles. The number of hydrogen-bond donors (Lipinski definition) is 0. The Morgan fingerprint density at radius 2 is 1.74 bits per heavy atom. The highest BCUT2D eigenvalue weighted by atomic mass is 16.2. The molecule has 0 aromatic heterocycles. The van der Waals surface area contributed by atoms with E-state index < -0.39 is 6.04 Å². The van der Waals surface area contributed by atoms with Crippen LogP contribution in [0.15, 0.2) is 36.4 Å². The van der Waals surface area contributed by atoms with Crippen molar-refractivity contribution in [2.24, 2.45) is 0 Å². The molecule has 2 aromatic rings. The van der Waals surface area contributed by atoms with Crippen LogP contribution in [0.25, 0.3) is 10.8 Å². The molecule has 23 heavy (non-hydrogen) atoms. The van der Waals surface area contributed by atoms with Crippen molar-refractivity contribution in [3.8, 4) is 0 Å². The van der Waals surface area contributed by atoms with Gasteiger partial charge in [0.2, 0.25) is 5.91 Å². The fourth-order valence-electron chi connectivity index (χ4n) is 3.81. The Hall–Kier alpha value is -2.36. The van der Waals surface area contributed by atoms with E-state index in [1.165, 1.54) is 6.42 Å². The second kappa shape index (κ2) is 5.37. The molecule has 1 saturated heterocycles. The molecule has 0 radical (unpaired) electrons. The van der Waals surface area contributed by atoms with Crippen LogP contribution >= 0.6 is 0 Å². The molecule has 1 atom stereocenters. The number of carbonyl (C=O) groups excluding carboxylic acids is 2. The number of nitrogens with zero attached hydrogens (tertiary/aromatic N) is 2. The second-order valence-electron chi connectivity index (χ2n) is 6.42. The first-order valence-electron chi connectivity index (χ1n) is 8.32. The van der Waals surface area contributed by atoms with Gasteiger partial charge in [0.25, 0.3) is 5.91 Å². The van der Waals surface area contributed by atoms with Gasteiger partial charge in [-0.3, -0.25) is 14.5 Å². The first-order valence-corrected chi connectivity index (χ1v) is 8.32. The Bertz CT molecular complexity index is 788. The Kier molecular flexibility index (Phi) is 3.33. The van der Waals surface area contributed by atoms with E-state index in [9.17, 15) is 9.59 Å². The summed E-state index contributed by atoms with van der Waals surface area (Å²) in [5.74, 6) is -0.00230. The highest BCUT2D eigenvalue weighted by molar-refractivity contribution is 6.26. The standard InChI is InChI=1S/C19H20N2O2/c1-13(18(22)20-11-3-2-4-12-20)21-16-10-6-8-14-7-5-9-15(17(14)16)19(21)23/h5-10,13H,2-4,11-12H2,1H3/t13-/m0/s1. The van der Waals surface area contributed by atoms with E-state index in [2.05, 4.69) is 0 Å². The van der Waals surface area contributed by atoms with E-state index in [-0.39, 0.29) is 11.8 Å². The van der Waals surface area contributed by atoms with Crippen LogP contribution in [0.1, 0.15) is 36.5 Å². The van der Waals surface area contributed by atoms with E-state index in [1.807, 2.05) is 48.2 Å². The first-order chi connectivity index (χ1) is 11.2. The summed E-state index contributed by atoms with van der Waals surface area (Å²) < 4.78 is 0. The summed E-state index contributed by atoms with van der Waals surface area (Å²) >= 11 is 0. The van der Waals surface area contributed by atoms with Gasteiger partial charge in [0.05, 0.1) is 5.69 Å². The van der Waals surface area contributed by atoms with Gasteiger partial charge in [0.15, 0.2) is 0 Å². The maximum Gasteiger partial charge on any atom is 0.259 e. The summed E-state index contributed by atoms with van der Waals surface area (Å²) in [6.45, 7) is 3.46. The van der Waals surface area contributed by atoms with E-state index in [4.69, 9.17) is 0 Å². The van der Waals surface area contributed by atoms with Gasteiger partial charge in [-0.1, -0.05) is 24.3 Å². The molecule has 2 amide bonds.